The Hall–Kier alpha value is -2.34. The number of nitro groups is 1. The molecule has 1 unspecified atom stereocenters. The highest BCUT2D eigenvalue weighted by Crippen LogP contribution is 2.26. The van der Waals surface area contributed by atoms with E-state index >= 15 is 0 Å². The van der Waals surface area contributed by atoms with Gasteiger partial charge in [0.15, 0.2) is 0 Å². The molecule has 2 aromatic rings. The lowest BCUT2D eigenvalue weighted by Crippen LogP contribution is -2.22. The molecular formula is C17H18N2O3S. The Morgan fingerprint density at radius 2 is 1.91 bits per heavy atom. The summed E-state index contributed by atoms with van der Waals surface area (Å²) in [4.78, 5) is 23.5. The van der Waals surface area contributed by atoms with Crippen LogP contribution in [0.25, 0.3) is 0 Å². The molecule has 0 bridgehead atoms. The Bertz CT molecular complexity index is 746. The second-order valence-corrected chi connectivity index (χ2v) is 6.72. The van der Waals surface area contributed by atoms with E-state index in [2.05, 4.69) is 11.4 Å². The van der Waals surface area contributed by atoms with Crippen LogP contribution in [0.4, 0.5) is 11.4 Å². The lowest BCUT2D eigenvalue weighted by molar-refractivity contribution is -0.384. The van der Waals surface area contributed by atoms with Crippen LogP contribution in [0.15, 0.2) is 47.4 Å². The number of thioether (sulfide) groups is 1. The number of nitrogens with zero attached hydrogens (tertiary/aromatic N) is 1. The van der Waals surface area contributed by atoms with Crippen LogP contribution in [-0.2, 0) is 4.79 Å². The molecule has 0 saturated heterocycles. The SMILES string of the molecule is Cc1ccc(SC(C)C(=O)Nc2cccc([N+](=O)[O-])c2)cc1C. The summed E-state index contributed by atoms with van der Waals surface area (Å²) in [5.41, 5.74) is 2.78. The zero-order valence-electron chi connectivity index (χ0n) is 13.2. The third-order valence-corrected chi connectivity index (χ3v) is 4.58. The van der Waals surface area contributed by atoms with Gasteiger partial charge in [-0.05, 0) is 50.1 Å². The number of nitro benzene ring substituents is 1. The predicted octanol–water partition coefficient (Wildman–Crippen LogP) is 4.33. The van der Waals surface area contributed by atoms with Crippen molar-refractivity contribution in [2.45, 2.75) is 30.9 Å². The van der Waals surface area contributed by atoms with Gasteiger partial charge in [0, 0.05) is 22.7 Å². The molecule has 0 aromatic heterocycles. The Morgan fingerprint density at radius 3 is 2.57 bits per heavy atom. The van der Waals surface area contributed by atoms with Crippen LogP contribution in [0.1, 0.15) is 18.1 Å². The van der Waals surface area contributed by atoms with Gasteiger partial charge in [-0.2, -0.15) is 0 Å². The fourth-order valence-corrected chi connectivity index (χ4v) is 2.95. The maximum Gasteiger partial charge on any atom is 0.271 e. The molecule has 120 valence electrons. The Balaban J connectivity index is 2.03. The lowest BCUT2D eigenvalue weighted by atomic mass is 10.1. The molecule has 0 radical (unpaired) electrons. The summed E-state index contributed by atoms with van der Waals surface area (Å²) in [5.74, 6) is -0.186. The normalized spacial score (nSPS) is 11.8. The molecule has 0 heterocycles. The lowest BCUT2D eigenvalue weighted by Gasteiger charge is -2.13. The van der Waals surface area contributed by atoms with Crippen LogP contribution in [-0.4, -0.2) is 16.1 Å². The average molecular weight is 330 g/mol. The van der Waals surface area contributed by atoms with Gasteiger partial charge in [0.2, 0.25) is 5.91 Å². The van der Waals surface area contributed by atoms with Crippen LogP contribution in [0.3, 0.4) is 0 Å². The first-order valence-electron chi connectivity index (χ1n) is 7.16. The van der Waals surface area contributed by atoms with Crippen molar-refractivity contribution < 1.29 is 9.72 Å². The van der Waals surface area contributed by atoms with Gasteiger partial charge in [0.25, 0.3) is 5.69 Å². The quantitative estimate of drug-likeness (QED) is 0.503. The van der Waals surface area contributed by atoms with Gasteiger partial charge in [-0.1, -0.05) is 12.1 Å². The number of amides is 1. The number of nitrogens with one attached hydrogen (secondary N) is 1. The monoisotopic (exact) mass is 330 g/mol. The van der Waals surface area contributed by atoms with E-state index in [-0.39, 0.29) is 16.8 Å². The van der Waals surface area contributed by atoms with Gasteiger partial charge < -0.3 is 5.32 Å². The van der Waals surface area contributed by atoms with E-state index in [1.807, 2.05) is 32.9 Å². The summed E-state index contributed by atoms with van der Waals surface area (Å²) in [7, 11) is 0. The zero-order chi connectivity index (χ0) is 17.0. The number of non-ortho nitro benzene ring substituents is 1. The van der Waals surface area contributed by atoms with Crippen molar-refractivity contribution in [1.82, 2.24) is 0 Å². The second kappa shape index (κ2) is 7.28. The molecule has 6 heteroatoms. The Morgan fingerprint density at radius 1 is 1.17 bits per heavy atom. The van der Waals surface area contributed by atoms with E-state index in [1.165, 1.54) is 35.0 Å². The minimum Gasteiger partial charge on any atom is -0.325 e. The van der Waals surface area contributed by atoms with E-state index < -0.39 is 4.92 Å². The molecule has 0 saturated carbocycles. The summed E-state index contributed by atoms with van der Waals surface area (Å²) in [5, 5.41) is 13.2. The van der Waals surface area contributed by atoms with E-state index in [4.69, 9.17) is 0 Å². The van der Waals surface area contributed by atoms with Crippen LogP contribution < -0.4 is 5.32 Å². The topological polar surface area (TPSA) is 72.2 Å². The number of aryl methyl sites for hydroxylation is 2. The third-order valence-electron chi connectivity index (χ3n) is 3.48. The van der Waals surface area contributed by atoms with Crippen molar-refractivity contribution in [3.05, 3.63) is 63.7 Å². The molecule has 1 atom stereocenters. The highest BCUT2D eigenvalue weighted by atomic mass is 32.2. The van der Waals surface area contributed by atoms with Crippen molar-refractivity contribution in [2.75, 3.05) is 5.32 Å². The van der Waals surface area contributed by atoms with Gasteiger partial charge in [-0.25, -0.2) is 0 Å². The molecule has 0 aliphatic rings. The maximum absolute atomic E-state index is 12.2. The number of rotatable bonds is 5. The number of anilines is 1. The van der Waals surface area contributed by atoms with Gasteiger partial charge in [-0.3, -0.25) is 14.9 Å². The Labute approximate surface area is 139 Å². The molecule has 0 fully saturated rings. The fourth-order valence-electron chi connectivity index (χ4n) is 1.99. The minimum absolute atomic E-state index is 0.0442. The molecule has 0 aliphatic heterocycles. The summed E-state index contributed by atoms with van der Waals surface area (Å²) in [6.07, 6.45) is 0. The van der Waals surface area contributed by atoms with E-state index in [0.29, 0.717) is 5.69 Å². The van der Waals surface area contributed by atoms with E-state index in [0.717, 1.165) is 4.90 Å². The van der Waals surface area contributed by atoms with Gasteiger partial charge >= 0.3 is 0 Å². The third kappa shape index (κ3) is 4.56. The molecule has 1 amide bonds. The summed E-state index contributed by atoms with van der Waals surface area (Å²) in [6.45, 7) is 5.89. The smallest absolute Gasteiger partial charge is 0.271 e. The van der Waals surface area contributed by atoms with Crippen molar-refractivity contribution in [2.24, 2.45) is 0 Å². The number of benzene rings is 2. The highest BCUT2D eigenvalue weighted by Gasteiger charge is 2.16. The van der Waals surface area contributed by atoms with Gasteiger partial charge in [-0.15, -0.1) is 11.8 Å². The molecule has 1 N–H and O–H groups in total. The van der Waals surface area contributed by atoms with Crippen molar-refractivity contribution in [1.29, 1.82) is 0 Å². The molecule has 2 rings (SSSR count). The minimum atomic E-state index is -0.483. The van der Waals surface area contributed by atoms with E-state index in [1.54, 1.807) is 12.1 Å². The second-order valence-electron chi connectivity index (χ2n) is 5.30. The Kier molecular flexibility index (Phi) is 5.39. The van der Waals surface area contributed by atoms with Crippen LogP contribution in [0, 0.1) is 24.0 Å². The zero-order valence-corrected chi connectivity index (χ0v) is 14.0. The number of hydrogen-bond donors (Lipinski definition) is 1. The highest BCUT2D eigenvalue weighted by molar-refractivity contribution is 8.00. The first-order valence-corrected chi connectivity index (χ1v) is 8.04. The largest absolute Gasteiger partial charge is 0.325 e. The van der Waals surface area contributed by atoms with Crippen molar-refractivity contribution >= 4 is 29.0 Å². The molecule has 5 nitrogen and oxygen atoms in total. The standard InChI is InChI=1S/C17H18N2O3S/c1-11-7-8-16(9-12(11)2)23-13(3)17(20)18-14-5-4-6-15(10-14)19(21)22/h4-10,13H,1-3H3,(H,18,20). The summed E-state index contributed by atoms with van der Waals surface area (Å²) in [6, 6.07) is 12.0. The van der Waals surface area contributed by atoms with E-state index in [9.17, 15) is 14.9 Å². The molecule has 23 heavy (non-hydrogen) atoms. The summed E-state index contributed by atoms with van der Waals surface area (Å²) >= 11 is 1.46. The van der Waals surface area contributed by atoms with Gasteiger partial charge in [0.05, 0.1) is 10.2 Å². The maximum atomic E-state index is 12.2. The molecule has 0 spiro atoms. The molecule has 2 aromatic carbocycles. The van der Waals surface area contributed by atoms with Crippen LogP contribution >= 0.6 is 11.8 Å². The number of carbonyl (C=O) groups is 1. The molecule has 0 aliphatic carbocycles. The van der Waals surface area contributed by atoms with Crippen molar-refractivity contribution in [3.63, 3.8) is 0 Å². The number of hydrogen-bond acceptors (Lipinski definition) is 4. The fraction of sp³-hybridized carbons (Fsp3) is 0.235. The summed E-state index contributed by atoms with van der Waals surface area (Å²) < 4.78 is 0. The van der Waals surface area contributed by atoms with Crippen LogP contribution in [0.5, 0.6) is 0 Å². The average Bonchev–Trinajstić information content (AvgIpc) is 2.51. The predicted molar refractivity (Wildman–Crippen MR) is 93.0 cm³/mol. The van der Waals surface area contributed by atoms with Crippen LogP contribution in [0.2, 0.25) is 0 Å². The number of carbonyl (C=O) groups excluding carboxylic acids is 1. The first-order chi connectivity index (χ1) is 10.9. The first kappa shape index (κ1) is 17.0. The van der Waals surface area contributed by atoms with Gasteiger partial charge in [0.1, 0.15) is 0 Å². The van der Waals surface area contributed by atoms with Crippen molar-refractivity contribution in [3.8, 4) is 0 Å². The molecular weight excluding hydrogens is 312 g/mol.